The van der Waals surface area contributed by atoms with Crippen molar-refractivity contribution in [1.29, 1.82) is 0 Å². The monoisotopic (exact) mass is 1380 g/mol. The van der Waals surface area contributed by atoms with E-state index in [1.807, 2.05) is 0 Å². The van der Waals surface area contributed by atoms with E-state index in [0.29, 0.717) is 25.7 Å². The van der Waals surface area contributed by atoms with E-state index < -0.39 is 97.5 Å². The fraction of sp³-hybridized carbons (Fsp3) is 0.947. The van der Waals surface area contributed by atoms with Gasteiger partial charge in [-0.3, -0.25) is 37.3 Å². The van der Waals surface area contributed by atoms with Crippen molar-refractivity contribution in [2.24, 2.45) is 23.7 Å². The average molecular weight is 1380 g/mol. The second-order valence-corrected chi connectivity index (χ2v) is 31.4. The number of unbranched alkanes of at least 4 members (excludes halogenated alkanes) is 36. The van der Waals surface area contributed by atoms with Crippen LogP contribution in [-0.4, -0.2) is 96.7 Å². The van der Waals surface area contributed by atoms with Crippen molar-refractivity contribution in [3.63, 3.8) is 0 Å². The Balaban J connectivity index is 5.27. The Hall–Kier alpha value is -1.94. The van der Waals surface area contributed by atoms with Gasteiger partial charge in [0.25, 0.3) is 0 Å². The Labute approximate surface area is 575 Å². The van der Waals surface area contributed by atoms with Crippen LogP contribution in [0, 0.1) is 23.7 Å². The van der Waals surface area contributed by atoms with Crippen molar-refractivity contribution in [2.75, 3.05) is 39.6 Å². The third-order valence-electron chi connectivity index (χ3n) is 18.0. The molecule has 0 heterocycles. The molecular weight excluding hydrogens is 1230 g/mol. The molecule has 94 heavy (non-hydrogen) atoms. The number of esters is 4. The molecule has 0 aliphatic rings. The van der Waals surface area contributed by atoms with E-state index in [2.05, 4.69) is 55.4 Å². The van der Waals surface area contributed by atoms with Crippen LogP contribution in [0.1, 0.15) is 376 Å². The van der Waals surface area contributed by atoms with E-state index in [9.17, 15) is 43.2 Å². The second kappa shape index (κ2) is 64.4. The van der Waals surface area contributed by atoms with Gasteiger partial charge in [-0.15, -0.1) is 0 Å². The second-order valence-electron chi connectivity index (χ2n) is 28.5. The van der Waals surface area contributed by atoms with Gasteiger partial charge in [0.15, 0.2) is 12.2 Å². The largest absolute Gasteiger partial charge is 0.472 e. The lowest BCUT2D eigenvalue weighted by atomic mass is 9.99. The van der Waals surface area contributed by atoms with E-state index in [1.165, 1.54) is 173 Å². The summed E-state index contributed by atoms with van der Waals surface area (Å²) in [5, 5.41) is 10.6. The number of ether oxygens (including phenoxy) is 4. The number of aliphatic hydroxyl groups excluding tert-OH is 1. The predicted octanol–water partition coefficient (Wildman–Crippen LogP) is 21.7. The quantitative estimate of drug-likeness (QED) is 0.0222. The van der Waals surface area contributed by atoms with Crippen LogP contribution in [0.3, 0.4) is 0 Å². The summed E-state index contributed by atoms with van der Waals surface area (Å²) in [7, 11) is -9.91. The number of aliphatic hydroxyl groups is 1. The lowest BCUT2D eigenvalue weighted by molar-refractivity contribution is -0.161. The smallest absolute Gasteiger partial charge is 0.462 e. The van der Waals surface area contributed by atoms with Gasteiger partial charge in [-0.1, -0.05) is 325 Å². The van der Waals surface area contributed by atoms with Crippen LogP contribution in [-0.2, 0) is 65.4 Å². The number of rotatable bonds is 72. The van der Waals surface area contributed by atoms with Gasteiger partial charge in [0.2, 0.25) is 0 Å². The average Bonchev–Trinajstić information content (AvgIpc) is 1.64. The highest BCUT2D eigenvalue weighted by Crippen LogP contribution is 2.45. The van der Waals surface area contributed by atoms with Crippen molar-refractivity contribution in [3.05, 3.63) is 0 Å². The molecule has 0 amide bonds. The minimum atomic E-state index is -4.96. The molecule has 0 spiro atoms. The Kier molecular flexibility index (Phi) is 63.1. The summed E-state index contributed by atoms with van der Waals surface area (Å²) in [6, 6.07) is 0. The zero-order valence-electron chi connectivity index (χ0n) is 61.6. The topological polar surface area (TPSA) is 237 Å². The summed E-state index contributed by atoms with van der Waals surface area (Å²) in [5.74, 6) is 0.965. The van der Waals surface area contributed by atoms with Crippen LogP contribution < -0.4 is 0 Å². The molecular formula is C75H146O17P2. The number of phosphoric acid groups is 2. The Morgan fingerprint density at radius 2 is 0.511 bits per heavy atom. The van der Waals surface area contributed by atoms with Crippen molar-refractivity contribution in [1.82, 2.24) is 0 Å². The highest BCUT2D eigenvalue weighted by molar-refractivity contribution is 7.47. The first-order chi connectivity index (χ1) is 45.2. The molecule has 0 aromatic heterocycles. The van der Waals surface area contributed by atoms with Crippen molar-refractivity contribution < 1.29 is 80.2 Å². The lowest BCUT2D eigenvalue weighted by Gasteiger charge is -2.21. The SMILES string of the molecule is CCC(C)CCCCCCCCCCCCC(=O)OC[C@H](COP(=O)(O)OC[C@@H](O)COP(=O)(O)OC[C@@H](COC(=O)CCCCCCCCC(C)CC)OC(=O)CCCCCCCCCCCCC(C)C)OC(=O)CCCCCCCCCCCCCCCCC(C)C. The fourth-order valence-electron chi connectivity index (χ4n) is 11.3. The molecule has 0 fully saturated rings. The maximum Gasteiger partial charge on any atom is 0.472 e. The maximum atomic E-state index is 13.1. The van der Waals surface area contributed by atoms with E-state index in [1.54, 1.807) is 0 Å². The number of phosphoric ester groups is 2. The molecule has 0 aromatic carbocycles. The molecule has 3 N–H and O–H groups in total. The first kappa shape index (κ1) is 92.1. The minimum absolute atomic E-state index is 0.105. The summed E-state index contributed by atoms with van der Waals surface area (Å²) in [6.45, 7) is 14.2. The first-order valence-electron chi connectivity index (χ1n) is 38.8. The van der Waals surface area contributed by atoms with Gasteiger partial charge < -0.3 is 33.8 Å². The predicted molar refractivity (Wildman–Crippen MR) is 381 cm³/mol. The zero-order chi connectivity index (χ0) is 69.6. The molecule has 0 saturated carbocycles. The van der Waals surface area contributed by atoms with E-state index in [-0.39, 0.29) is 25.7 Å². The summed E-state index contributed by atoms with van der Waals surface area (Å²) >= 11 is 0. The Morgan fingerprint density at radius 3 is 0.755 bits per heavy atom. The summed E-state index contributed by atoms with van der Waals surface area (Å²) in [6.07, 6.45) is 48.5. The van der Waals surface area contributed by atoms with E-state index in [4.69, 9.17) is 37.0 Å². The van der Waals surface area contributed by atoms with Gasteiger partial charge in [0.1, 0.15) is 19.3 Å². The Bertz CT molecular complexity index is 1850. The lowest BCUT2D eigenvalue weighted by Crippen LogP contribution is -2.30. The van der Waals surface area contributed by atoms with Crippen molar-refractivity contribution >= 4 is 39.5 Å². The minimum Gasteiger partial charge on any atom is -0.462 e. The highest BCUT2D eigenvalue weighted by atomic mass is 31.2. The van der Waals surface area contributed by atoms with Crippen molar-refractivity contribution in [3.8, 4) is 0 Å². The van der Waals surface area contributed by atoms with Gasteiger partial charge in [-0.2, -0.15) is 0 Å². The third kappa shape index (κ3) is 66.0. The third-order valence-corrected chi connectivity index (χ3v) is 19.9. The van der Waals surface area contributed by atoms with Gasteiger partial charge in [-0.05, 0) is 49.4 Å². The molecule has 0 aliphatic heterocycles. The van der Waals surface area contributed by atoms with Crippen LogP contribution in [0.4, 0.5) is 0 Å². The maximum absolute atomic E-state index is 13.1. The molecule has 558 valence electrons. The number of hydrogen-bond donors (Lipinski definition) is 3. The van der Waals surface area contributed by atoms with Crippen LogP contribution in [0.2, 0.25) is 0 Å². The standard InChI is InChI=1S/C75H146O17P2/c1-9-67(7)53-45-37-29-23-18-20-24-30-39-47-55-72(77)85-61-70(91-74(79)57-49-41-31-25-16-14-12-11-13-15-21-27-35-43-51-65(3)4)63-89-93(81,82)87-59-69(76)60-88-94(83,84)90-64-71(62-86-73(78)56-48-40-34-33-38-46-54-68(8)10-2)92-75(80)58-50-42-32-26-19-17-22-28-36-44-52-66(5)6/h65-71,76H,9-64H2,1-8H3,(H,81,82)(H,83,84)/t67?,68?,69-,70-,71-/m1/s1. The number of carbonyl (C=O) groups is 4. The number of hydrogen-bond acceptors (Lipinski definition) is 15. The molecule has 0 bridgehead atoms. The fourth-order valence-corrected chi connectivity index (χ4v) is 12.9. The molecule has 0 radical (unpaired) electrons. The Morgan fingerprint density at radius 1 is 0.298 bits per heavy atom. The molecule has 0 rings (SSSR count). The van der Waals surface area contributed by atoms with Crippen LogP contribution in [0.5, 0.6) is 0 Å². The van der Waals surface area contributed by atoms with Gasteiger partial charge in [0.05, 0.1) is 26.4 Å². The van der Waals surface area contributed by atoms with E-state index in [0.717, 1.165) is 120 Å². The van der Waals surface area contributed by atoms with Gasteiger partial charge in [-0.25, -0.2) is 9.13 Å². The zero-order valence-corrected chi connectivity index (χ0v) is 63.4. The molecule has 4 unspecified atom stereocenters. The highest BCUT2D eigenvalue weighted by Gasteiger charge is 2.30. The molecule has 17 nitrogen and oxygen atoms in total. The summed E-state index contributed by atoms with van der Waals surface area (Å²) in [4.78, 5) is 72.8. The number of carbonyl (C=O) groups excluding carboxylic acids is 4. The van der Waals surface area contributed by atoms with Gasteiger partial charge in [0, 0.05) is 25.7 Å². The van der Waals surface area contributed by atoms with Crippen LogP contribution in [0.15, 0.2) is 0 Å². The van der Waals surface area contributed by atoms with Gasteiger partial charge >= 0.3 is 39.5 Å². The van der Waals surface area contributed by atoms with E-state index >= 15 is 0 Å². The van der Waals surface area contributed by atoms with Crippen LogP contribution in [0.25, 0.3) is 0 Å². The molecule has 7 atom stereocenters. The summed E-state index contributed by atoms with van der Waals surface area (Å²) in [5.41, 5.74) is 0. The summed E-state index contributed by atoms with van der Waals surface area (Å²) < 4.78 is 68.5. The first-order valence-corrected chi connectivity index (χ1v) is 41.8. The van der Waals surface area contributed by atoms with Crippen LogP contribution >= 0.6 is 15.6 Å². The molecule has 0 saturated heterocycles. The molecule has 19 heteroatoms. The normalized spacial score (nSPS) is 14.7. The van der Waals surface area contributed by atoms with Crippen molar-refractivity contribution in [2.45, 2.75) is 395 Å². The molecule has 0 aromatic rings. The molecule has 0 aliphatic carbocycles.